The van der Waals surface area contributed by atoms with Gasteiger partial charge in [0.15, 0.2) is 5.03 Å². The average Bonchev–Trinajstić information content (AvgIpc) is 3.02. The van der Waals surface area contributed by atoms with E-state index >= 15 is 0 Å². The van der Waals surface area contributed by atoms with Crippen molar-refractivity contribution in [2.45, 2.75) is 18.7 Å². The molecule has 156 valence electrons. The van der Waals surface area contributed by atoms with Crippen LogP contribution >= 0.6 is 0 Å². The molecule has 0 saturated heterocycles. The second kappa shape index (κ2) is 8.46. The van der Waals surface area contributed by atoms with Crippen LogP contribution < -0.4 is 5.32 Å². The lowest BCUT2D eigenvalue weighted by molar-refractivity contribution is -0.620. The van der Waals surface area contributed by atoms with Crippen LogP contribution in [0.25, 0.3) is 0 Å². The molecule has 0 aliphatic heterocycles. The minimum Gasteiger partial charge on any atom is -0.447 e. The highest BCUT2D eigenvalue weighted by Crippen LogP contribution is 2.24. The van der Waals surface area contributed by atoms with Crippen LogP contribution in [-0.2, 0) is 14.8 Å². The Labute approximate surface area is 162 Å². The Morgan fingerprint density at radius 2 is 1.97 bits per heavy atom. The number of anilines is 1. The topological polar surface area (TPSA) is 201 Å². The van der Waals surface area contributed by atoms with Gasteiger partial charge in [-0.05, 0) is 29.5 Å². The summed E-state index contributed by atoms with van der Waals surface area (Å²) in [6.45, 7) is 1.33. The normalized spacial score (nSPS) is 11.0. The van der Waals surface area contributed by atoms with Crippen LogP contribution in [0, 0.1) is 34.1 Å². The number of sulfonamides is 1. The zero-order valence-electron chi connectivity index (χ0n) is 15.0. The molecule has 1 amide bonds. The Bertz CT molecular complexity index is 1050. The molecule has 1 heterocycles. The number of aromatic nitrogens is 2. The number of nitro benzene ring substituents is 1. The van der Waals surface area contributed by atoms with Crippen molar-refractivity contribution < 1.29 is 32.5 Å². The monoisotopic (exact) mass is 430 g/mol. The van der Waals surface area contributed by atoms with Crippen LogP contribution in [0.3, 0.4) is 0 Å². The van der Waals surface area contributed by atoms with Crippen LogP contribution in [0.15, 0.2) is 27.7 Å². The molecule has 2 rings (SSSR count). The van der Waals surface area contributed by atoms with Gasteiger partial charge in [0, 0.05) is 11.6 Å². The zero-order chi connectivity index (χ0) is 21.8. The fourth-order valence-electron chi connectivity index (χ4n) is 2.05. The largest absolute Gasteiger partial charge is 0.447 e. The van der Waals surface area contributed by atoms with E-state index in [0.717, 1.165) is 18.2 Å². The SMILES string of the molecule is Cc1ccc(S(=O)(=O)N(CCOC(=O)Nc2nonc2C)[N+](=O)[O-])cc1[N+](=O)[O-]. The molecule has 2 aromatic rings. The molecule has 0 bridgehead atoms. The van der Waals surface area contributed by atoms with Crippen LogP contribution in [0.4, 0.5) is 16.3 Å². The van der Waals surface area contributed by atoms with Crippen molar-refractivity contribution in [3.05, 3.63) is 49.7 Å². The van der Waals surface area contributed by atoms with Crippen molar-refractivity contribution in [3.63, 3.8) is 0 Å². The molecule has 0 unspecified atom stereocenters. The first-order chi connectivity index (χ1) is 13.5. The number of nitrogens with one attached hydrogen (secondary N) is 1. The van der Waals surface area contributed by atoms with E-state index in [4.69, 9.17) is 0 Å². The van der Waals surface area contributed by atoms with Crippen LogP contribution in [0.2, 0.25) is 0 Å². The van der Waals surface area contributed by atoms with Crippen molar-refractivity contribution in [1.29, 1.82) is 0 Å². The van der Waals surface area contributed by atoms with Gasteiger partial charge in [-0.15, -0.1) is 0 Å². The van der Waals surface area contributed by atoms with Gasteiger partial charge in [-0.25, -0.2) is 19.5 Å². The number of nitrogens with zero attached hydrogens (tertiary/aromatic N) is 5. The van der Waals surface area contributed by atoms with Gasteiger partial charge in [-0.1, -0.05) is 11.2 Å². The highest BCUT2D eigenvalue weighted by molar-refractivity contribution is 7.89. The van der Waals surface area contributed by atoms with Gasteiger partial charge in [0.05, 0.1) is 9.82 Å². The van der Waals surface area contributed by atoms with Gasteiger partial charge in [0.2, 0.25) is 5.82 Å². The van der Waals surface area contributed by atoms with Crippen molar-refractivity contribution in [3.8, 4) is 0 Å². The van der Waals surface area contributed by atoms with Crippen LogP contribution in [-0.4, -0.2) is 52.3 Å². The summed E-state index contributed by atoms with van der Waals surface area (Å²) in [7, 11) is -4.75. The van der Waals surface area contributed by atoms with Crippen LogP contribution in [0.5, 0.6) is 0 Å². The molecule has 0 saturated carbocycles. The molecular weight excluding hydrogens is 416 g/mol. The number of aryl methyl sites for hydroxylation is 2. The number of amides is 1. The Hall–Kier alpha value is -3.82. The van der Waals surface area contributed by atoms with E-state index in [0.29, 0.717) is 0 Å². The molecule has 15 nitrogen and oxygen atoms in total. The fraction of sp³-hybridized carbons (Fsp3) is 0.308. The summed E-state index contributed by atoms with van der Waals surface area (Å²) >= 11 is 0. The number of carbonyl (C=O) groups excluding carboxylic acids is 1. The third kappa shape index (κ3) is 4.92. The summed E-state index contributed by atoms with van der Waals surface area (Å²) < 4.78 is 33.9. The summed E-state index contributed by atoms with van der Waals surface area (Å²) in [6.07, 6.45) is -1.07. The second-order valence-electron chi connectivity index (χ2n) is 5.45. The first-order valence-corrected chi connectivity index (χ1v) is 9.13. The summed E-state index contributed by atoms with van der Waals surface area (Å²) in [5.41, 5.74) is -0.0850. The lowest BCUT2D eigenvalue weighted by atomic mass is 10.2. The second-order valence-corrected chi connectivity index (χ2v) is 7.30. The van der Waals surface area contributed by atoms with Gasteiger partial charge in [0.25, 0.3) is 5.69 Å². The number of nitro groups is 2. The van der Waals surface area contributed by atoms with Gasteiger partial charge >= 0.3 is 16.1 Å². The molecule has 0 aliphatic rings. The lowest BCUT2D eigenvalue weighted by Crippen LogP contribution is -2.39. The molecule has 0 radical (unpaired) electrons. The molecule has 0 fully saturated rings. The van der Waals surface area contributed by atoms with E-state index in [2.05, 4.69) is 25.0 Å². The highest BCUT2D eigenvalue weighted by Gasteiger charge is 2.34. The van der Waals surface area contributed by atoms with Crippen LogP contribution in [0.1, 0.15) is 11.3 Å². The first-order valence-electron chi connectivity index (χ1n) is 7.69. The van der Waals surface area contributed by atoms with E-state index in [1.165, 1.54) is 13.8 Å². The third-order valence-electron chi connectivity index (χ3n) is 3.52. The Kier molecular flexibility index (Phi) is 6.27. The van der Waals surface area contributed by atoms with Crippen molar-refractivity contribution in [1.82, 2.24) is 14.7 Å². The van der Waals surface area contributed by atoms with Gasteiger partial charge in [-0.2, -0.15) is 8.42 Å². The Morgan fingerprint density at radius 3 is 2.52 bits per heavy atom. The zero-order valence-corrected chi connectivity index (χ0v) is 15.8. The number of rotatable bonds is 8. The van der Waals surface area contributed by atoms with Crippen molar-refractivity contribution in [2.75, 3.05) is 18.5 Å². The average molecular weight is 430 g/mol. The molecule has 16 heteroatoms. The molecule has 0 atom stereocenters. The summed E-state index contributed by atoms with van der Waals surface area (Å²) in [5, 5.41) is 29.9. The van der Waals surface area contributed by atoms with E-state index in [1.54, 1.807) is 0 Å². The Balaban J connectivity index is 2.11. The van der Waals surface area contributed by atoms with Crippen molar-refractivity contribution >= 4 is 27.6 Å². The predicted molar refractivity (Wildman–Crippen MR) is 92.7 cm³/mol. The quantitative estimate of drug-likeness (QED) is 0.463. The highest BCUT2D eigenvalue weighted by atomic mass is 32.2. The number of carbonyl (C=O) groups is 1. The third-order valence-corrected chi connectivity index (χ3v) is 5.24. The predicted octanol–water partition coefficient (Wildman–Crippen LogP) is 1.03. The van der Waals surface area contributed by atoms with E-state index in [9.17, 15) is 33.4 Å². The maximum Gasteiger partial charge on any atom is 0.413 e. The Morgan fingerprint density at radius 1 is 1.28 bits per heavy atom. The molecule has 29 heavy (non-hydrogen) atoms. The van der Waals surface area contributed by atoms with E-state index < -0.39 is 49.8 Å². The number of hydrazine groups is 1. The number of benzene rings is 1. The molecular formula is C13H14N6O9S. The molecule has 1 aromatic carbocycles. The lowest BCUT2D eigenvalue weighted by Gasteiger charge is -2.14. The maximum atomic E-state index is 12.5. The summed E-state index contributed by atoms with van der Waals surface area (Å²) in [4.78, 5) is 32.4. The van der Waals surface area contributed by atoms with Gasteiger partial charge in [0.1, 0.15) is 18.8 Å². The van der Waals surface area contributed by atoms with Gasteiger partial charge in [-0.3, -0.25) is 15.4 Å². The van der Waals surface area contributed by atoms with E-state index in [1.807, 2.05) is 0 Å². The summed E-state index contributed by atoms with van der Waals surface area (Å²) in [5.74, 6) is -0.0410. The van der Waals surface area contributed by atoms with E-state index in [-0.39, 0.29) is 21.5 Å². The standard InChI is InChI=1S/C13H14N6O9S/c1-8-3-4-10(7-11(8)18(21)22)29(25,26)17(19(23)24)5-6-27-13(20)14-12-9(2)15-28-16-12/h3-4,7H,5-6H2,1-2H3,(H,14,16,20). The van der Waals surface area contributed by atoms with Crippen molar-refractivity contribution in [2.24, 2.45) is 0 Å². The fourth-order valence-corrected chi connectivity index (χ4v) is 3.29. The molecule has 1 aromatic heterocycles. The molecule has 0 aliphatic carbocycles. The minimum atomic E-state index is -4.75. The molecule has 1 N–H and O–H groups in total. The summed E-state index contributed by atoms with van der Waals surface area (Å²) in [6, 6.07) is 2.87. The maximum absolute atomic E-state index is 12.5. The number of hydrogen-bond acceptors (Lipinski definition) is 11. The minimum absolute atomic E-state index is 0.0410. The number of hydrogen-bond donors (Lipinski definition) is 1. The molecule has 0 spiro atoms. The first kappa shape index (κ1) is 21.5. The smallest absolute Gasteiger partial charge is 0.413 e. The van der Waals surface area contributed by atoms with Gasteiger partial charge < -0.3 is 4.74 Å². The number of ether oxygens (including phenoxy) is 1.